The van der Waals surface area contributed by atoms with Crippen LogP contribution in [0.15, 0.2) is 29.2 Å². The summed E-state index contributed by atoms with van der Waals surface area (Å²) in [6.45, 7) is 1.87. The lowest BCUT2D eigenvalue weighted by Crippen LogP contribution is -2.47. The fraction of sp³-hybridized carbons (Fsp3) is 0.462. The van der Waals surface area contributed by atoms with Crippen LogP contribution in [0.3, 0.4) is 0 Å². The number of ether oxygens (including phenoxy) is 1. The third-order valence-electron chi connectivity index (χ3n) is 7.80. The lowest BCUT2D eigenvalue weighted by atomic mass is 10.2. The smallest absolute Gasteiger partial charge is 0.409 e. The summed E-state index contributed by atoms with van der Waals surface area (Å²) in [5, 5.41) is 53.6. The van der Waals surface area contributed by atoms with E-state index in [2.05, 4.69) is 35.5 Å². The molecule has 4 heterocycles. The molecule has 0 aromatic carbocycles. The predicted octanol–water partition coefficient (Wildman–Crippen LogP) is 0.209. The van der Waals surface area contributed by atoms with Gasteiger partial charge in [0.25, 0.3) is 0 Å². The van der Waals surface area contributed by atoms with Crippen molar-refractivity contribution in [1.29, 1.82) is 0 Å². The molecule has 242 valence electrons. The number of rotatable bonds is 7. The number of alkyl halides is 2. The van der Waals surface area contributed by atoms with Gasteiger partial charge in [0.1, 0.15) is 17.4 Å². The number of alkyl carbamates (subject to hydrolysis) is 1. The molecule has 4 unspecified atom stereocenters. The second-order valence-corrected chi connectivity index (χ2v) is 11.0. The first-order valence-electron chi connectivity index (χ1n) is 13.7. The van der Waals surface area contributed by atoms with E-state index >= 15 is 0 Å². The number of methoxy groups -OCH3 is 1. The van der Waals surface area contributed by atoms with Crippen molar-refractivity contribution in [2.45, 2.75) is 56.9 Å². The van der Waals surface area contributed by atoms with Gasteiger partial charge in [0.2, 0.25) is 12.3 Å². The number of aryl methyl sites for hydroxylation is 1. The number of anilines is 2. The number of aliphatic hydroxyl groups is 4. The number of nitrogens with two attached hydrogens (primary N) is 1. The zero-order valence-corrected chi connectivity index (χ0v) is 23.9. The van der Waals surface area contributed by atoms with Gasteiger partial charge >= 0.3 is 17.9 Å². The van der Waals surface area contributed by atoms with E-state index < -0.39 is 53.8 Å². The second-order valence-electron chi connectivity index (χ2n) is 11.0. The highest BCUT2D eigenvalue weighted by molar-refractivity contribution is 5.82. The molecule has 19 heteroatoms. The molecule has 2 aliphatic rings. The summed E-state index contributed by atoms with van der Waals surface area (Å²) in [5.74, 6) is -1.20. The van der Waals surface area contributed by atoms with E-state index in [-0.39, 0.29) is 42.5 Å². The SMILES string of the molecule is COC(=O)NC1(O)CCC(n2c(=O)n(C(O)(O)O)c3cnc(Nc4ccc5c(C)[nH]nc5n4)cc32)C1.NC(=O)C1CC1C(F)F. The molecule has 45 heavy (non-hydrogen) atoms. The first-order chi connectivity index (χ1) is 21.1. The van der Waals surface area contributed by atoms with E-state index in [0.29, 0.717) is 16.0 Å². The number of nitrogens with zero attached hydrogens (tertiary/aromatic N) is 5. The van der Waals surface area contributed by atoms with Crippen LogP contribution in [0.4, 0.5) is 25.2 Å². The number of carbonyl (C=O) groups is 2. The monoisotopic (exact) mass is 635 g/mol. The summed E-state index contributed by atoms with van der Waals surface area (Å²) in [6.07, 6.45) is -4.94. The van der Waals surface area contributed by atoms with Crippen molar-refractivity contribution in [1.82, 2.24) is 34.6 Å². The number of halogens is 2. The number of aromatic nitrogens is 6. The van der Waals surface area contributed by atoms with Crippen molar-refractivity contribution < 1.29 is 43.5 Å². The highest BCUT2D eigenvalue weighted by Crippen LogP contribution is 2.42. The number of fused-ring (bicyclic) bond motifs is 2. The van der Waals surface area contributed by atoms with E-state index in [1.807, 2.05) is 13.0 Å². The zero-order valence-electron chi connectivity index (χ0n) is 23.9. The summed E-state index contributed by atoms with van der Waals surface area (Å²) in [4.78, 5) is 43.6. The Hall–Kier alpha value is -4.72. The highest BCUT2D eigenvalue weighted by Gasteiger charge is 2.47. The minimum Gasteiger partial charge on any atom is -0.453 e. The largest absolute Gasteiger partial charge is 0.453 e. The number of imidazole rings is 1. The molecule has 9 N–H and O–H groups in total. The molecule has 2 amide bonds. The van der Waals surface area contributed by atoms with Gasteiger partial charge in [-0.25, -0.2) is 32.9 Å². The van der Waals surface area contributed by atoms with Gasteiger partial charge in [0.15, 0.2) is 5.65 Å². The van der Waals surface area contributed by atoms with Crippen LogP contribution in [0.2, 0.25) is 0 Å². The number of primary amides is 1. The lowest BCUT2D eigenvalue weighted by Gasteiger charge is -2.23. The van der Waals surface area contributed by atoms with Gasteiger partial charge < -0.3 is 36.2 Å². The molecule has 0 bridgehead atoms. The second kappa shape index (κ2) is 11.7. The minimum atomic E-state index is -3.50. The van der Waals surface area contributed by atoms with Gasteiger partial charge in [0, 0.05) is 41.4 Å². The summed E-state index contributed by atoms with van der Waals surface area (Å²) >= 11 is 0. The van der Waals surface area contributed by atoms with Gasteiger partial charge in [-0.1, -0.05) is 0 Å². The maximum atomic E-state index is 13.2. The fourth-order valence-corrected chi connectivity index (χ4v) is 5.45. The Morgan fingerprint density at radius 3 is 2.58 bits per heavy atom. The van der Waals surface area contributed by atoms with E-state index in [1.165, 1.54) is 16.8 Å². The topological polar surface area (TPSA) is 256 Å². The average molecular weight is 636 g/mol. The van der Waals surface area contributed by atoms with Crippen LogP contribution in [0.25, 0.3) is 22.1 Å². The number of hydrogen-bond donors (Lipinski definition) is 8. The Balaban J connectivity index is 0.000000383. The van der Waals surface area contributed by atoms with E-state index in [0.717, 1.165) is 18.2 Å². The Bertz CT molecular complexity index is 1820. The van der Waals surface area contributed by atoms with Crippen LogP contribution in [0.1, 0.15) is 37.4 Å². The van der Waals surface area contributed by atoms with E-state index in [9.17, 15) is 43.6 Å². The van der Waals surface area contributed by atoms with Crippen LogP contribution in [-0.4, -0.2) is 81.0 Å². The Morgan fingerprint density at radius 1 is 1.24 bits per heavy atom. The number of amides is 2. The molecular formula is C26H31F2N9O8. The number of aromatic amines is 1. The van der Waals surface area contributed by atoms with Crippen molar-refractivity contribution in [2.75, 3.05) is 12.4 Å². The summed E-state index contributed by atoms with van der Waals surface area (Å²) in [5.41, 5.74) is 3.65. The van der Waals surface area contributed by atoms with Crippen LogP contribution in [-0.2, 0) is 15.6 Å². The van der Waals surface area contributed by atoms with E-state index in [1.54, 1.807) is 6.07 Å². The minimum absolute atomic E-state index is 0.0687. The van der Waals surface area contributed by atoms with Gasteiger partial charge in [-0.15, -0.1) is 0 Å². The van der Waals surface area contributed by atoms with Crippen molar-refractivity contribution >= 4 is 45.7 Å². The molecular weight excluding hydrogens is 604 g/mol. The molecule has 0 saturated heterocycles. The third kappa shape index (κ3) is 6.41. The molecule has 2 aliphatic carbocycles. The number of nitrogens with one attached hydrogen (secondary N) is 3. The fourth-order valence-electron chi connectivity index (χ4n) is 5.45. The Labute approximate surface area is 251 Å². The zero-order chi connectivity index (χ0) is 32.8. The summed E-state index contributed by atoms with van der Waals surface area (Å²) in [7, 11) is 1.16. The average Bonchev–Trinajstić information content (AvgIpc) is 3.47. The summed E-state index contributed by atoms with van der Waals surface area (Å²) in [6, 6.07) is 4.37. The maximum absolute atomic E-state index is 13.2. The molecule has 17 nitrogen and oxygen atoms in total. The first kappa shape index (κ1) is 31.7. The van der Waals surface area contributed by atoms with Crippen molar-refractivity contribution in [3.63, 3.8) is 0 Å². The van der Waals surface area contributed by atoms with Gasteiger partial charge in [-0.3, -0.25) is 19.8 Å². The van der Waals surface area contributed by atoms with Gasteiger partial charge in [0.05, 0.1) is 24.3 Å². The molecule has 4 aromatic rings. The molecule has 2 fully saturated rings. The number of carbonyl (C=O) groups excluding carboxylic acids is 2. The van der Waals surface area contributed by atoms with Crippen LogP contribution in [0.5, 0.6) is 0 Å². The molecule has 2 saturated carbocycles. The van der Waals surface area contributed by atoms with Crippen molar-refractivity contribution in [2.24, 2.45) is 17.6 Å². The molecule has 0 spiro atoms. The third-order valence-corrected chi connectivity index (χ3v) is 7.80. The number of hydrogen-bond acceptors (Lipinski definition) is 12. The molecule has 6 rings (SSSR count). The standard InChI is InChI=1S/C21H24N8O7.C5H7F2NO/c1-10-12-3-4-15(24-17(12)27-26-10)23-16-7-13-14(9-22-16)29(21(33,34)35)19(31)28(13)11-5-6-20(32,8-11)25-18(30)36-2;6-4(7)2-1-3(2)5(8)9/h3-4,7,9,11,32-35H,5-6,8H2,1-2H3,(H,25,30)(H2,22,23,24,26,27);2-4H,1H2,(H2,8,9). The van der Waals surface area contributed by atoms with Crippen LogP contribution in [0, 0.1) is 18.8 Å². The Morgan fingerprint density at radius 2 is 1.98 bits per heavy atom. The van der Waals surface area contributed by atoms with Crippen LogP contribution >= 0.6 is 0 Å². The lowest BCUT2D eigenvalue weighted by molar-refractivity contribution is -0.374. The van der Waals surface area contributed by atoms with E-state index in [4.69, 9.17) is 5.73 Å². The molecule has 0 aliphatic heterocycles. The van der Waals surface area contributed by atoms with Crippen molar-refractivity contribution in [3.8, 4) is 0 Å². The Kier molecular flexibility index (Phi) is 8.21. The highest BCUT2D eigenvalue weighted by atomic mass is 19.3. The first-order valence-corrected chi connectivity index (χ1v) is 13.7. The molecule has 4 atom stereocenters. The molecule has 4 aromatic heterocycles. The van der Waals surface area contributed by atoms with Crippen LogP contribution < -0.4 is 22.1 Å². The van der Waals surface area contributed by atoms with Gasteiger partial charge in [-0.2, -0.15) is 5.10 Å². The number of pyridine rings is 2. The number of H-pyrrole nitrogens is 1. The predicted molar refractivity (Wildman–Crippen MR) is 151 cm³/mol. The maximum Gasteiger partial charge on any atom is 0.409 e. The quantitative estimate of drug-likeness (QED) is 0.127. The molecule has 0 radical (unpaired) electrons. The summed E-state index contributed by atoms with van der Waals surface area (Å²) < 4.78 is 29.4. The van der Waals surface area contributed by atoms with Gasteiger partial charge in [-0.05, 0) is 38.3 Å². The normalized spacial score (nSPS) is 22.7. The van der Waals surface area contributed by atoms with Crippen molar-refractivity contribution in [3.05, 3.63) is 40.6 Å².